The first kappa shape index (κ1) is 17.8. The van der Waals surface area contributed by atoms with E-state index in [0.29, 0.717) is 0 Å². The van der Waals surface area contributed by atoms with Crippen molar-refractivity contribution < 1.29 is 19.6 Å². The Hall–Kier alpha value is -2.28. The van der Waals surface area contributed by atoms with E-state index >= 15 is 0 Å². The molecule has 0 bridgehead atoms. The Morgan fingerprint density at radius 1 is 1.41 bits per heavy atom. The number of carbonyl (C=O) groups excluding carboxylic acids is 2. The summed E-state index contributed by atoms with van der Waals surface area (Å²) in [5.41, 5.74) is -1.72. The summed E-state index contributed by atoms with van der Waals surface area (Å²) < 4.78 is 0. The molecule has 7 nitrogen and oxygen atoms in total. The number of amides is 1. The zero-order chi connectivity index (χ0) is 17.1. The lowest BCUT2D eigenvalue weighted by atomic mass is 9.91. The minimum atomic E-state index is -1.59. The predicted molar refractivity (Wildman–Crippen MR) is 81.8 cm³/mol. The van der Waals surface area contributed by atoms with Crippen LogP contribution < -0.4 is 5.32 Å². The lowest BCUT2D eigenvalue weighted by molar-refractivity contribution is -0.385. The van der Waals surface area contributed by atoms with Gasteiger partial charge in [-0.2, -0.15) is 0 Å². The molecule has 0 aromatic heterocycles. The topological polar surface area (TPSA) is 110 Å². The van der Waals surface area contributed by atoms with E-state index in [1.54, 1.807) is 20.8 Å². The van der Waals surface area contributed by atoms with Gasteiger partial charge in [-0.3, -0.25) is 19.7 Å². The highest BCUT2D eigenvalue weighted by atomic mass is 16.6. The number of nitro benzene ring substituents is 1. The minimum absolute atomic E-state index is 0.0607. The molecule has 2 N–H and O–H groups in total. The van der Waals surface area contributed by atoms with Gasteiger partial charge in [-0.1, -0.05) is 20.8 Å². The van der Waals surface area contributed by atoms with E-state index in [1.165, 1.54) is 25.1 Å². The molecule has 1 atom stereocenters. The summed E-state index contributed by atoms with van der Waals surface area (Å²) in [6.07, 6.45) is 0.113. The van der Waals surface area contributed by atoms with E-state index in [2.05, 4.69) is 5.32 Å². The van der Waals surface area contributed by atoms with Gasteiger partial charge in [0.1, 0.15) is 5.60 Å². The van der Waals surface area contributed by atoms with E-state index in [4.69, 9.17) is 0 Å². The average molecular weight is 308 g/mol. The van der Waals surface area contributed by atoms with Crippen molar-refractivity contribution in [1.82, 2.24) is 0 Å². The molecule has 1 aromatic carbocycles. The number of hydrogen-bond donors (Lipinski definition) is 2. The molecule has 7 heteroatoms. The summed E-state index contributed by atoms with van der Waals surface area (Å²) in [5.74, 6) is -1.34. The molecule has 0 fully saturated rings. The summed E-state index contributed by atoms with van der Waals surface area (Å²) in [5, 5.41) is 23.5. The van der Waals surface area contributed by atoms with Crippen LogP contribution in [0.2, 0.25) is 0 Å². The quantitative estimate of drug-likeness (QED) is 0.477. The molecule has 0 heterocycles. The fourth-order valence-corrected chi connectivity index (χ4v) is 1.71. The summed E-state index contributed by atoms with van der Waals surface area (Å²) in [4.78, 5) is 34.2. The number of ketones is 1. The molecule has 0 aliphatic carbocycles. The van der Waals surface area contributed by atoms with E-state index in [-0.39, 0.29) is 29.3 Å². The van der Waals surface area contributed by atoms with Crippen LogP contribution >= 0.6 is 0 Å². The van der Waals surface area contributed by atoms with E-state index in [1.807, 2.05) is 0 Å². The third kappa shape index (κ3) is 3.67. The highest BCUT2D eigenvalue weighted by Crippen LogP contribution is 2.25. The van der Waals surface area contributed by atoms with Crippen molar-refractivity contribution in [3.63, 3.8) is 0 Å². The van der Waals surface area contributed by atoms with Crippen LogP contribution in [0.15, 0.2) is 18.2 Å². The molecule has 0 aliphatic heterocycles. The second kappa shape index (κ2) is 6.65. The standard InChI is InChI=1S/C15H20N2O5/c1-5-13(18)11-8-10(6-7-12(11)17(21)22)16-14(19)15(4,20)9(2)3/h6-9,20H,5H2,1-4H3,(H,16,19). The van der Waals surface area contributed by atoms with Crippen molar-refractivity contribution in [3.8, 4) is 0 Å². The molecule has 0 spiro atoms. The van der Waals surface area contributed by atoms with Crippen LogP contribution in [0.5, 0.6) is 0 Å². The first-order valence-corrected chi connectivity index (χ1v) is 6.96. The first-order chi connectivity index (χ1) is 10.1. The number of nitrogens with zero attached hydrogens (tertiary/aromatic N) is 1. The van der Waals surface area contributed by atoms with Crippen LogP contribution in [0.1, 0.15) is 44.5 Å². The number of aliphatic hydroxyl groups is 1. The van der Waals surface area contributed by atoms with Crippen molar-refractivity contribution in [2.75, 3.05) is 5.32 Å². The van der Waals surface area contributed by atoms with Crippen LogP contribution in [0, 0.1) is 16.0 Å². The predicted octanol–water partition coefficient (Wildman–Crippen LogP) is 2.53. The van der Waals surface area contributed by atoms with Crippen molar-refractivity contribution >= 4 is 23.1 Å². The molecule has 0 radical (unpaired) electrons. The number of nitro groups is 1. The number of benzene rings is 1. The number of hydrogen-bond acceptors (Lipinski definition) is 5. The smallest absolute Gasteiger partial charge is 0.280 e. The number of rotatable bonds is 6. The van der Waals surface area contributed by atoms with Crippen LogP contribution in [-0.4, -0.2) is 27.3 Å². The van der Waals surface area contributed by atoms with E-state index in [0.717, 1.165) is 0 Å². The molecule has 1 unspecified atom stereocenters. The maximum absolute atomic E-state index is 12.1. The fraction of sp³-hybridized carbons (Fsp3) is 0.467. The summed E-state index contributed by atoms with van der Waals surface area (Å²) in [6.45, 7) is 6.38. The maximum Gasteiger partial charge on any atom is 0.280 e. The zero-order valence-corrected chi connectivity index (χ0v) is 13.0. The lowest BCUT2D eigenvalue weighted by Crippen LogP contribution is -2.44. The zero-order valence-electron chi connectivity index (χ0n) is 13.0. The Labute approximate surface area is 128 Å². The monoisotopic (exact) mass is 308 g/mol. The molecule has 1 amide bonds. The van der Waals surface area contributed by atoms with Gasteiger partial charge in [-0.05, 0) is 25.0 Å². The van der Waals surface area contributed by atoms with Gasteiger partial charge in [0.05, 0.1) is 10.5 Å². The fourth-order valence-electron chi connectivity index (χ4n) is 1.71. The van der Waals surface area contributed by atoms with Gasteiger partial charge >= 0.3 is 0 Å². The van der Waals surface area contributed by atoms with Gasteiger partial charge in [0, 0.05) is 18.2 Å². The molecule has 1 rings (SSSR count). The second-order valence-corrected chi connectivity index (χ2v) is 5.52. The highest BCUT2D eigenvalue weighted by Gasteiger charge is 2.34. The minimum Gasteiger partial charge on any atom is -0.380 e. The van der Waals surface area contributed by atoms with Gasteiger partial charge in [0.15, 0.2) is 5.78 Å². The van der Waals surface area contributed by atoms with Crippen LogP contribution in [0.25, 0.3) is 0 Å². The Bertz CT molecular complexity index is 608. The van der Waals surface area contributed by atoms with Crippen LogP contribution in [0.4, 0.5) is 11.4 Å². The number of Topliss-reactive ketones (excluding diaryl/α,β-unsaturated/α-hetero) is 1. The van der Waals surface area contributed by atoms with Gasteiger partial charge in [0.25, 0.3) is 11.6 Å². The van der Waals surface area contributed by atoms with Crippen molar-refractivity contribution in [2.24, 2.45) is 5.92 Å². The Morgan fingerprint density at radius 3 is 2.45 bits per heavy atom. The SMILES string of the molecule is CCC(=O)c1cc(NC(=O)C(C)(O)C(C)C)ccc1[N+](=O)[O-]. The number of nitrogens with one attached hydrogen (secondary N) is 1. The van der Waals surface area contributed by atoms with Crippen LogP contribution in [0.3, 0.4) is 0 Å². The van der Waals surface area contributed by atoms with Gasteiger partial charge in [-0.25, -0.2) is 0 Å². The Kier molecular flexibility index (Phi) is 5.38. The third-order valence-corrected chi connectivity index (χ3v) is 3.66. The van der Waals surface area contributed by atoms with E-state index in [9.17, 15) is 24.8 Å². The van der Waals surface area contributed by atoms with Gasteiger partial charge in [0.2, 0.25) is 0 Å². The first-order valence-electron chi connectivity index (χ1n) is 6.96. The normalized spacial score (nSPS) is 13.5. The lowest BCUT2D eigenvalue weighted by Gasteiger charge is -2.26. The molecular weight excluding hydrogens is 288 g/mol. The van der Waals surface area contributed by atoms with E-state index < -0.39 is 22.2 Å². The van der Waals surface area contributed by atoms with Gasteiger partial charge < -0.3 is 10.4 Å². The molecular formula is C15H20N2O5. The average Bonchev–Trinajstić information content (AvgIpc) is 2.45. The number of anilines is 1. The summed E-state index contributed by atoms with van der Waals surface area (Å²) in [6, 6.07) is 3.76. The summed E-state index contributed by atoms with van der Waals surface area (Å²) >= 11 is 0. The third-order valence-electron chi connectivity index (χ3n) is 3.66. The molecule has 0 saturated carbocycles. The molecule has 0 saturated heterocycles. The molecule has 0 aliphatic rings. The maximum atomic E-state index is 12.1. The highest BCUT2D eigenvalue weighted by molar-refractivity contribution is 6.02. The summed E-state index contributed by atoms with van der Waals surface area (Å²) in [7, 11) is 0. The van der Waals surface area contributed by atoms with Crippen LogP contribution in [-0.2, 0) is 4.79 Å². The van der Waals surface area contributed by atoms with Crippen molar-refractivity contribution in [1.29, 1.82) is 0 Å². The molecule has 120 valence electrons. The second-order valence-electron chi connectivity index (χ2n) is 5.52. The Balaban J connectivity index is 3.16. The van der Waals surface area contributed by atoms with Crippen molar-refractivity contribution in [3.05, 3.63) is 33.9 Å². The molecule has 22 heavy (non-hydrogen) atoms. The number of carbonyl (C=O) groups is 2. The largest absolute Gasteiger partial charge is 0.380 e. The van der Waals surface area contributed by atoms with Gasteiger partial charge in [-0.15, -0.1) is 0 Å². The Morgan fingerprint density at radius 2 is 2.00 bits per heavy atom. The van der Waals surface area contributed by atoms with Crippen molar-refractivity contribution in [2.45, 2.75) is 39.7 Å². The molecule has 1 aromatic rings.